The zero-order valence-electron chi connectivity index (χ0n) is 16.7. The number of benzene rings is 2. The van der Waals surface area contributed by atoms with Gasteiger partial charge in [-0.25, -0.2) is 0 Å². The van der Waals surface area contributed by atoms with E-state index in [-0.39, 0.29) is 5.91 Å². The molecule has 1 fully saturated rings. The minimum Gasteiger partial charge on any atom is -0.405 e. The molecule has 0 unspecified atom stereocenters. The summed E-state index contributed by atoms with van der Waals surface area (Å²) in [5, 5.41) is 11.6. The van der Waals surface area contributed by atoms with Gasteiger partial charge in [-0.2, -0.15) is 0 Å². The Morgan fingerprint density at radius 2 is 1.76 bits per heavy atom. The second kappa shape index (κ2) is 8.90. The predicted octanol–water partition coefficient (Wildman–Crippen LogP) is 3.82. The van der Waals surface area contributed by atoms with Crippen LogP contribution in [0.2, 0.25) is 0 Å². The Morgan fingerprint density at radius 1 is 1.03 bits per heavy atom. The quantitative estimate of drug-likeness (QED) is 0.693. The van der Waals surface area contributed by atoms with Crippen molar-refractivity contribution in [3.8, 4) is 0 Å². The van der Waals surface area contributed by atoms with E-state index in [1.807, 2.05) is 61.5 Å². The van der Waals surface area contributed by atoms with Gasteiger partial charge in [0.25, 0.3) is 0 Å². The first-order valence-electron chi connectivity index (χ1n) is 10.2. The largest absolute Gasteiger partial charge is 0.405 e. The maximum absolute atomic E-state index is 12.8. The van der Waals surface area contributed by atoms with Gasteiger partial charge in [-0.15, -0.1) is 5.10 Å². The molecule has 1 saturated heterocycles. The van der Waals surface area contributed by atoms with Crippen molar-refractivity contribution in [1.29, 1.82) is 0 Å². The summed E-state index contributed by atoms with van der Waals surface area (Å²) in [5.41, 5.74) is 3.03. The maximum Gasteiger partial charge on any atom is 0.318 e. The van der Waals surface area contributed by atoms with Crippen LogP contribution in [0.25, 0.3) is 0 Å². The number of nitrogens with zero attached hydrogens (tertiary/aromatic N) is 3. The first-order chi connectivity index (χ1) is 14.2. The number of nitrogens with one attached hydrogen (secondary N) is 1. The van der Waals surface area contributed by atoms with Crippen molar-refractivity contribution in [1.82, 2.24) is 15.5 Å². The van der Waals surface area contributed by atoms with Gasteiger partial charge < -0.3 is 14.6 Å². The summed E-state index contributed by atoms with van der Waals surface area (Å²) in [5.74, 6) is 0.334. The van der Waals surface area contributed by atoms with Crippen LogP contribution in [0.5, 0.6) is 0 Å². The van der Waals surface area contributed by atoms with Gasteiger partial charge in [0.05, 0.1) is 6.42 Å². The van der Waals surface area contributed by atoms with Crippen LogP contribution in [0.4, 0.5) is 6.01 Å². The molecule has 6 heteroatoms. The number of anilines is 1. The summed E-state index contributed by atoms with van der Waals surface area (Å²) in [6.07, 6.45) is 3.81. The van der Waals surface area contributed by atoms with E-state index in [9.17, 15) is 4.79 Å². The zero-order chi connectivity index (χ0) is 20.1. The summed E-state index contributed by atoms with van der Waals surface area (Å²) in [6.45, 7) is 3.87. The number of aromatic nitrogens is 2. The molecule has 0 aliphatic carbocycles. The van der Waals surface area contributed by atoms with Crippen LogP contribution >= 0.6 is 0 Å². The van der Waals surface area contributed by atoms with Gasteiger partial charge in [0.1, 0.15) is 6.04 Å². The van der Waals surface area contributed by atoms with Crippen LogP contribution < -0.4 is 10.2 Å². The maximum atomic E-state index is 12.8. The van der Waals surface area contributed by atoms with Crippen molar-refractivity contribution >= 4 is 11.9 Å². The van der Waals surface area contributed by atoms with E-state index < -0.39 is 6.04 Å². The topological polar surface area (TPSA) is 71.3 Å². The molecule has 1 N–H and O–H groups in total. The summed E-state index contributed by atoms with van der Waals surface area (Å²) in [6, 6.07) is 17.7. The molecule has 0 radical (unpaired) electrons. The normalized spacial score (nSPS) is 15.1. The molecule has 1 aliphatic rings. The highest BCUT2D eigenvalue weighted by atomic mass is 16.4. The van der Waals surface area contributed by atoms with Crippen molar-refractivity contribution in [2.45, 2.75) is 38.6 Å². The Bertz CT molecular complexity index is 948. The fraction of sp³-hybridized carbons (Fsp3) is 0.348. The highest BCUT2D eigenvalue weighted by molar-refractivity contribution is 5.79. The van der Waals surface area contributed by atoms with E-state index in [1.54, 1.807) is 0 Å². The Labute approximate surface area is 170 Å². The Kier molecular flexibility index (Phi) is 5.89. The van der Waals surface area contributed by atoms with Gasteiger partial charge in [0, 0.05) is 13.1 Å². The number of rotatable bonds is 6. The first-order valence-corrected chi connectivity index (χ1v) is 10.2. The van der Waals surface area contributed by atoms with Crippen molar-refractivity contribution < 1.29 is 9.21 Å². The van der Waals surface area contributed by atoms with Gasteiger partial charge >= 0.3 is 6.01 Å². The van der Waals surface area contributed by atoms with E-state index in [0.29, 0.717) is 18.3 Å². The highest BCUT2D eigenvalue weighted by Gasteiger charge is 2.25. The lowest BCUT2D eigenvalue weighted by Gasteiger charge is -2.24. The fourth-order valence-electron chi connectivity index (χ4n) is 3.68. The molecule has 0 saturated carbocycles. The second-order valence-electron chi connectivity index (χ2n) is 7.49. The molecule has 1 amide bonds. The van der Waals surface area contributed by atoms with Crippen LogP contribution in [0.3, 0.4) is 0 Å². The lowest BCUT2D eigenvalue weighted by molar-refractivity contribution is -0.121. The molecular weight excluding hydrogens is 364 g/mol. The minimum absolute atomic E-state index is 0.0779. The number of aryl methyl sites for hydroxylation is 1. The highest BCUT2D eigenvalue weighted by Crippen LogP contribution is 2.25. The van der Waals surface area contributed by atoms with Gasteiger partial charge in [0.2, 0.25) is 11.8 Å². The molecule has 150 valence electrons. The summed E-state index contributed by atoms with van der Waals surface area (Å²) >= 11 is 0. The van der Waals surface area contributed by atoms with Crippen molar-refractivity contribution in [3.63, 3.8) is 0 Å². The molecule has 2 aromatic carbocycles. The molecule has 1 aliphatic heterocycles. The van der Waals surface area contributed by atoms with Crippen molar-refractivity contribution in [2.24, 2.45) is 0 Å². The molecule has 0 spiro atoms. The van der Waals surface area contributed by atoms with Gasteiger partial charge in [-0.3, -0.25) is 4.79 Å². The molecule has 29 heavy (non-hydrogen) atoms. The molecule has 2 heterocycles. The van der Waals surface area contributed by atoms with Crippen molar-refractivity contribution in [2.75, 3.05) is 18.0 Å². The summed E-state index contributed by atoms with van der Waals surface area (Å²) in [4.78, 5) is 14.9. The molecular formula is C23H26N4O2. The number of piperidine rings is 1. The van der Waals surface area contributed by atoms with E-state index in [2.05, 4.69) is 20.4 Å². The minimum atomic E-state index is -0.473. The Hall–Kier alpha value is -3.15. The molecule has 0 bridgehead atoms. The van der Waals surface area contributed by atoms with Crippen LogP contribution in [0, 0.1) is 6.92 Å². The van der Waals surface area contributed by atoms with E-state index in [1.165, 1.54) is 6.42 Å². The lowest BCUT2D eigenvalue weighted by Crippen LogP contribution is -2.31. The number of hydrogen-bond donors (Lipinski definition) is 1. The second-order valence-corrected chi connectivity index (χ2v) is 7.49. The van der Waals surface area contributed by atoms with Gasteiger partial charge in [0.15, 0.2) is 0 Å². The van der Waals surface area contributed by atoms with Crippen LogP contribution in [0.1, 0.15) is 47.9 Å². The average Bonchev–Trinajstić information content (AvgIpc) is 3.25. The van der Waals surface area contributed by atoms with E-state index >= 15 is 0 Å². The fourth-order valence-corrected chi connectivity index (χ4v) is 3.68. The number of hydrogen-bond acceptors (Lipinski definition) is 5. The molecule has 6 nitrogen and oxygen atoms in total. The molecule has 3 aromatic rings. The third-order valence-electron chi connectivity index (χ3n) is 5.35. The van der Waals surface area contributed by atoms with Gasteiger partial charge in [-0.05, 0) is 42.9 Å². The third kappa shape index (κ3) is 4.65. The average molecular weight is 390 g/mol. The number of amides is 1. The molecule has 1 atom stereocenters. The Balaban J connectivity index is 1.55. The third-order valence-corrected chi connectivity index (χ3v) is 5.35. The predicted molar refractivity (Wildman–Crippen MR) is 112 cm³/mol. The van der Waals surface area contributed by atoms with E-state index in [4.69, 9.17) is 4.42 Å². The van der Waals surface area contributed by atoms with Gasteiger partial charge in [-0.1, -0.05) is 59.7 Å². The molecule has 4 rings (SSSR count). The van der Waals surface area contributed by atoms with Crippen LogP contribution in [-0.4, -0.2) is 29.2 Å². The van der Waals surface area contributed by atoms with Crippen molar-refractivity contribution in [3.05, 3.63) is 77.2 Å². The monoisotopic (exact) mass is 390 g/mol. The molecule has 1 aromatic heterocycles. The number of carbonyl (C=O) groups excluding carboxylic acids is 1. The standard InChI is InChI=1S/C23H26N4O2/c1-17-10-6-7-13-19(17)16-20(28)24-21(18-11-4-2-5-12-18)22-25-26-23(29-22)27-14-8-3-9-15-27/h2,4-7,10-13,21H,3,8-9,14-16H2,1H3,(H,24,28)/t21-/m1/s1. The first kappa shape index (κ1) is 19.2. The SMILES string of the molecule is Cc1ccccc1CC(=O)N[C@H](c1ccccc1)c1nnc(N2CCCCC2)o1. The summed E-state index contributed by atoms with van der Waals surface area (Å²) < 4.78 is 6.00. The van der Waals surface area contributed by atoms with E-state index in [0.717, 1.165) is 42.6 Å². The van der Waals surface area contributed by atoms with Crippen LogP contribution in [-0.2, 0) is 11.2 Å². The lowest BCUT2D eigenvalue weighted by atomic mass is 10.0. The zero-order valence-corrected chi connectivity index (χ0v) is 16.7. The number of carbonyl (C=O) groups is 1. The Morgan fingerprint density at radius 3 is 2.52 bits per heavy atom. The smallest absolute Gasteiger partial charge is 0.318 e. The van der Waals surface area contributed by atoms with Crippen LogP contribution in [0.15, 0.2) is 59.0 Å². The summed E-state index contributed by atoms with van der Waals surface area (Å²) in [7, 11) is 0.